The van der Waals surface area contributed by atoms with Gasteiger partial charge in [-0.05, 0) is 32.4 Å². The number of hydrogen-bond acceptors (Lipinski definition) is 6. The first-order chi connectivity index (χ1) is 11.4. The third-order valence-electron chi connectivity index (χ3n) is 3.37. The van der Waals surface area contributed by atoms with E-state index in [1.54, 1.807) is 6.92 Å². The molecule has 7 heteroatoms. The lowest BCUT2D eigenvalue weighted by atomic mass is 10.0. The monoisotopic (exact) mass is 337 g/mol. The molecule has 0 spiro atoms. The summed E-state index contributed by atoms with van der Waals surface area (Å²) in [6.07, 6.45) is 6.15. The summed E-state index contributed by atoms with van der Waals surface area (Å²) in [6.45, 7) is 3.37. The number of ketones is 1. The van der Waals surface area contributed by atoms with E-state index in [0.29, 0.717) is 12.0 Å². The standard InChI is InChI=1S/C17H27N3O4/c1-5-24-17(23)16-14(9-7-6-8-10-19(3)4)15(13(2)22)18-20(16)11-12-21/h8,10,21H,5-7,9,11-12H2,1-4H3/b10-8-. The van der Waals surface area contributed by atoms with Crippen molar-refractivity contribution in [2.24, 2.45) is 0 Å². The van der Waals surface area contributed by atoms with Crippen LogP contribution in [0.5, 0.6) is 0 Å². The van der Waals surface area contributed by atoms with Crippen molar-refractivity contribution in [1.82, 2.24) is 14.7 Å². The van der Waals surface area contributed by atoms with Crippen LogP contribution in [0.4, 0.5) is 0 Å². The predicted molar refractivity (Wildman–Crippen MR) is 91.0 cm³/mol. The first-order valence-electron chi connectivity index (χ1n) is 8.14. The highest BCUT2D eigenvalue weighted by Gasteiger charge is 2.25. The van der Waals surface area contributed by atoms with E-state index in [9.17, 15) is 14.7 Å². The van der Waals surface area contributed by atoms with Gasteiger partial charge in [0, 0.05) is 26.6 Å². The topological polar surface area (TPSA) is 84.7 Å². The highest BCUT2D eigenvalue weighted by Crippen LogP contribution is 2.20. The van der Waals surface area contributed by atoms with Gasteiger partial charge in [-0.25, -0.2) is 4.79 Å². The number of aromatic nitrogens is 2. The Bertz CT molecular complexity index is 591. The Balaban J connectivity index is 3.08. The molecule has 0 saturated carbocycles. The molecule has 0 aromatic carbocycles. The SMILES string of the molecule is CCOC(=O)c1c(CCC/C=C\N(C)C)c(C(C)=O)nn1CCO. The summed E-state index contributed by atoms with van der Waals surface area (Å²) in [4.78, 5) is 26.1. The first kappa shape index (κ1) is 19.9. The maximum atomic E-state index is 12.3. The molecule has 24 heavy (non-hydrogen) atoms. The second-order valence-corrected chi connectivity index (χ2v) is 5.64. The molecule has 0 aliphatic carbocycles. The average molecular weight is 337 g/mol. The second-order valence-electron chi connectivity index (χ2n) is 5.64. The molecule has 1 aromatic heterocycles. The van der Waals surface area contributed by atoms with E-state index in [4.69, 9.17) is 4.74 Å². The van der Waals surface area contributed by atoms with Crippen LogP contribution in [0.1, 0.15) is 53.2 Å². The summed E-state index contributed by atoms with van der Waals surface area (Å²) in [7, 11) is 3.89. The Morgan fingerprint density at radius 1 is 1.38 bits per heavy atom. The van der Waals surface area contributed by atoms with E-state index in [1.807, 2.05) is 31.3 Å². The number of allylic oxidation sites excluding steroid dienone is 1. The summed E-state index contributed by atoms with van der Waals surface area (Å²) < 4.78 is 6.47. The zero-order valence-electron chi connectivity index (χ0n) is 14.9. The molecule has 1 aromatic rings. The van der Waals surface area contributed by atoms with Gasteiger partial charge < -0.3 is 14.7 Å². The van der Waals surface area contributed by atoms with E-state index in [0.717, 1.165) is 12.8 Å². The molecule has 0 saturated heterocycles. The number of carbonyl (C=O) groups is 2. The minimum atomic E-state index is -0.509. The number of nitrogens with zero attached hydrogens (tertiary/aromatic N) is 3. The fraction of sp³-hybridized carbons (Fsp3) is 0.588. The van der Waals surface area contributed by atoms with Crippen molar-refractivity contribution < 1.29 is 19.4 Å². The molecule has 0 aliphatic rings. The zero-order chi connectivity index (χ0) is 18.1. The molecule has 0 atom stereocenters. The Morgan fingerprint density at radius 2 is 2.08 bits per heavy atom. The summed E-state index contributed by atoms with van der Waals surface area (Å²) >= 11 is 0. The second kappa shape index (κ2) is 9.87. The van der Waals surface area contributed by atoms with Gasteiger partial charge in [0.15, 0.2) is 11.5 Å². The minimum absolute atomic E-state index is 0.148. The number of rotatable bonds is 10. The van der Waals surface area contributed by atoms with Gasteiger partial charge in [0.2, 0.25) is 0 Å². The summed E-state index contributed by atoms with van der Waals surface area (Å²) in [6, 6.07) is 0. The highest BCUT2D eigenvalue weighted by atomic mass is 16.5. The summed E-state index contributed by atoms with van der Waals surface area (Å²) in [5, 5.41) is 13.4. The highest BCUT2D eigenvalue weighted by molar-refractivity contribution is 5.98. The van der Waals surface area contributed by atoms with Gasteiger partial charge in [-0.3, -0.25) is 9.48 Å². The Morgan fingerprint density at radius 3 is 2.62 bits per heavy atom. The largest absolute Gasteiger partial charge is 0.461 e. The third kappa shape index (κ3) is 5.49. The van der Waals surface area contributed by atoms with Crippen molar-refractivity contribution in [3.63, 3.8) is 0 Å². The van der Waals surface area contributed by atoms with Crippen LogP contribution in [0.3, 0.4) is 0 Å². The Kier molecular flexibility index (Phi) is 8.18. The number of esters is 1. The molecule has 134 valence electrons. The average Bonchev–Trinajstić information content (AvgIpc) is 2.86. The molecule has 1 rings (SSSR count). The van der Waals surface area contributed by atoms with Crippen molar-refractivity contribution in [1.29, 1.82) is 0 Å². The quantitative estimate of drug-likeness (QED) is 0.397. The zero-order valence-corrected chi connectivity index (χ0v) is 14.9. The van der Waals surface area contributed by atoms with Gasteiger partial charge in [-0.1, -0.05) is 6.08 Å². The molecule has 0 fully saturated rings. The Labute approximate surface area is 142 Å². The van der Waals surface area contributed by atoms with Crippen LogP contribution in [-0.2, 0) is 17.7 Å². The maximum Gasteiger partial charge on any atom is 0.356 e. The van der Waals surface area contributed by atoms with E-state index < -0.39 is 5.97 Å². The van der Waals surface area contributed by atoms with Gasteiger partial charge in [0.05, 0.1) is 19.8 Å². The van der Waals surface area contributed by atoms with E-state index in [-0.39, 0.29) is 36.9 Å². The molecule has 0 bridgehead atoms. The smallest absolute Gasteiger partial charge is 0.356 e. The number of ether oxygens (including phenoxy) is 1. The van der Waals surface area contributed by atoms with Crippen LogP contribution in [0.2, 0.25) is 0 Å². The van der Waals surface area contributed by atoms with Crippen molar-refractivity contribution in [2.75, 3.05) is 27.3 Å². The fourth-order valence-electron chi connectivity index (χ4n) is 2.39. The van der Waals surface area contributed by atoms with Gasteiger partial charge in [-0.2, -0.15) is 5.10 Å². The van der Waals surface area contributed by atoms with E-state index >= 15 is 0 Å². The van der Waals surface area contributed by atoms with E-state index in [1.165, 1.54) is 11.6 Å². The van der Waals surface area contributed by atoms with Crippen LogP contribution >= 0.6 is 0 Å². The molecule has 0 amide bonds. The molecule has 0 unspecified atom stereocenters. The van der Waals surface area contributed by atoms with Crippen LogP contribution in [-0.4, -0.2) is 58.8 Å². The maximum absolute atomic E-state index is 12.3. The molecule has 0 aliphatic heterocycles. The number of hydrogen-bond donors (Lipinski definition) is 1. The summed E-state index contributed by atoms with van der Waals surface area (Å²) in [5.74, 6) is -0.708. The predicted octanol–water partition coefficient (Wildman–Crippen LogP) is 1.65. The number of Topliss-reactive ketones (excluding diaryl/α,β-unsaturated/α-hetero) is 1. The fourth-order valence-corrected chi connectivity index (χ4v) is 2.39. The third-order valence-corrected chi connectivity index (χ3v) is 3.37. The molecule has 7 nitrogen and oxygen atoms in total. The molecule has 1 heterocycles. The van der Waals surface area contributed by atoms with Gasteiger partial charge in [-0.15, -0.1) is 0 Å². The number of carbonyl (C=O) groups excluding carboxylic acids is 2. The van der Waals surface area contributed by atoms with Crippen LogP contribution < -0.4 is 0 Å². The lowest BCUT2D eigenvalue weighted by Crippen LogP contribution is -2.16. The number of aliphatic hydroxyl groups excluding tert-OH is 1. The van der Waals surface area contributed by atoms with Crippen LogP contribution in [0.15, 0.2) is 12.3 Å². The lowest BCUT2D eigenvalue weighted by molar-refractivity contribution is 0.0509. The van der Waals surface area contributed by atoms with Crippen molar-refractivity contribution >= 4 is 11.8 Å². The molecular weight excluding hydrogens is 310 g/mol. The molecular formula is C17H27N3O4. The Hall–Kier alpha value is -2.15. The van der Waals surface area contributed by atoms with Crippen molar-refractivity contribution in [3.05, 3.63) is 29.2 Å². The molecule has 1 N–H and O–H groups in total. The van der Waals surface area contributed by atoms with Gasteiger partial charge in [0.1, 0.15) is 5.69 Å². The van der Waals surface area contributed by atoms with Crippen molar-refractivity contribution in [2.45, 2.75) is 39.7 Å². The lowest BCUT2D eigenvalue weighted by Gasteiger charge is -2.08. The normalized spacial score (nSPS) is 11.0. The van der Waals surface area contributed by atoms with Crippen molar-refractivity contribution in [3.8, 4) is 0 Å². The van der Waals surface area contributed by atoms with Gasteiger partial charge in [0.25, 0.3) is 0 Å². The number of unbranched alkanes of at least 4 members (excludes halogenated alkanes) is 1. The number of aliphatic hydroxyl groups is 1. The van der Waals surface area contributed by atoms with Crippen LogP contribution in [0, 0.1) is 0 Å². The first-order valence-corrected chi connectivity index (χ1v) is 8.14. The minimum Gasteiger partial charge on any atom is -0.461 e. The summed E-state index contributed by atoms with van der Waals surface area (Å²) in [5.41, 5.74) is 1.16. The van der Waals surface area contributed by atoms with Crippen LogP contribution in [0.25, 0.3) is 0 Å². The van der Waals surface area contributed by atoms with E-state index in [2.05, 4.69) is 5.10 Å². The van der Waals surface area contributed by atoms with Gasteiger partial charge >= 0.3 is 5.97 Å². The molecule has 0 radical (unpaired) electrons.